The molecule has 0 aromatic heterocycles. The van der Waals surface area contributed by atoms with E-state index in [4.69, 9.17) is 0 Å². The summed E-state index contributed by atoms with van der Waals surface area (Å²) < 4.78 is 0. The van der Waals surface area contributed by atoms with E-state index in [-0.39, 0.29) is 5.41 Å². The monoisotopic (exact) mass is 234 g/mol. The largest absolute Gasteiger partial charge is 0.386 e. The van der Waals surface area contributed by atoms with Gasteiger partial charge in [0.05, 0.1) is 11.2 Å². The summed E-state index contributed by atoms with van der Waals surface area (Å²) in [6.45, 7) is 9.85. The van der Waals surface area contributed by atoms with Gasteiger partial charge in [-0.2, -0.15) is 0 Å². The van der Waals surface area contributed by atoms with Crippen LogP contribution in [0.5, 0.6) is 0 Å². The Balaban J connectivity index is 2.47. The molecule has 0 aromatic rings. The first-order valence-corrected chi connectivity index (χ1v) is 6.22. The average molecular weight is 234 g/mol. The van der Waals surface area contributed by atoms with Gasteiger partial charge in [-0.1, -0.05) is 30.4 Å². The molecule has 0 radical (unpaired) electrons. The van der Waals surface area contributed by atoms with Crippen molar-refractivity contribution in [2.24, 2.45) is 5.41 Å². The Bertz CT molecular complexity index is 413. The molecular formula is C15H22O2. The fraction of sp³-hybridized carbons (Fsp3) is 0.600. The van der Waals surface area contributed by atoms with E-state index in [0.717, 1.165) is 12.0 Å². The first-order chi connectivity index (χ1) is 7.70. The Morgan fingerprint density at radius 3 is 2.35 bits per heavy atom. The van der Waals surface area contributed by atoms with E-state index < -0.39 is 11.2 Å². The fourth-order valence-electron chi connectivity index (χ4n) is 2.89. The van der Waals surface area contributed by atoms with E-state index in [1.54, 1.807) is 0 Å². The molecule has 0 heterocycles. The van der Waals surface area contributed by atoms with Gasteiger partial charge in [-0.25, -0.2) is 0 Å². The van der Waals surface area contributed by atoms with E-state index >= 15 is 0 Å². The minimum absolute atomic E-state index is 0.260. The van der Waals surface area contributed by atoms with Gasteiger partial charge in [-0.15, -0.1) is 0 Å². The molecule has 2 N–H and O–H groups in total. The third-order valence-electron chi connectivity index (χ3n) is 4.45. The minimum atomic E-state index is -0.840. The molecule has 2 aliphatic carbocycles. The molecule has 0 aromatic carbocycles. The third-order valence-corrected chi connectivity index (χ3v) is 4.45. The van der Waals surface area contributed by atoms with Crippen molar-refractivity contribution in [3.63, 3.8) is 0 Å². The van der Waals surface area contributed by atoms with Crippen molar-refractivity contribution in [2.75, 3.05) is 0 Å². The van der Waals surface area contributed by atoms with Gasteiger partial charge in [0.15, 0.2) is 0 Å². The summed E-state index contributed by atoms with van der Waals surface area (Å²) in [5.74, 6) is 0. The molecule has 2 aliphatic rings. The molecule has 3 unspecified atom stereocenters. The van der Waals surface area contributed by atoms with Gasteiger partial charge >= 0.3 is 0 Å². The van der Waals surface area contributed by atoms with Crippen molar-refractivity contribution in [1.29, 1.82) is 0 Å². The van der Waals surface area contributed by atoms with E-state index in [1.807, 2.05) is 26.0 Å². The number of allylic oxidation sites excluding steroid dienone is 2. The second-order valence-electron chi connectivity index (χ2n) is 6.01. The molecule has 94 valence electrons. The number of hydrogen-bond donors (Lipinski definition) is 2. The Kier molecular flexibility index (Phi) is 2.64. The van der Waals surface area contributed by atoms with Crippen LogP contribution in [0.4, 0.5) is 0 Å². The second kappa shape index (κ2) is 3.56. The van der Waals surface area contributed by atoms with Crippen LogP contribution in [0.1, 0.15) is 40.0 Å². The van der Waals surface area contributed by atoms with Crippen LogP contribution in [0, 0.1) is 5.41 Å². The van der Waals surface area contributed by atoms with Gasteiger partial charge in [-0.05, 0) is 45.6 Å². The lowest BCUT2D eigenvalue weighted by Gasteiger charge is -2.47. The molecule has 1 spiro atoms. The molecule has 0 fully saturated rings. The van der Waals surface area contributed by atoms with E-state index in [1.165, 1.54) is 5.57 Å². The zero-order valence-electron chi connectivity index (χ0n) is 11.0. The van der Waals surface area contributed by atoms with Crippen LogP contribution in [0.3, 0.4) is 0 Å². The van der Waals surface area contributed by atoms with Crippen molar-refractivity contribution in [3.8, 4) is 0 Å². The predicted molar refractivity (Wildman–Crippen MR) is 69.6 cm³/mol. The molecule has 0 saturated carbocycles. The zero-order valence-corrected chi connectivity index (χ0v) is 11.0. The SMILES string of the molecule is C=C1C(C)(O)CC=C(C)C12C=CC(C)(O)CC2. The normalized spacial score (nSPS) is 46.2. The third kappa shape index (κ3) is 1.90. The van der Waals surface area contributed by atoms with Gasteiger partial charge < -0.3 is 10.2 Å². The predicted octanol–water partition coefficient (Wildman–Crippen LogP) is 2.73. The van der Waals surface area contributed by atoms with E-state index in [2.05, 4.69) is 19.6 Å². The smallest absolute Gasteiger partial charge is 0.0872 e. The molecular weight excluding hydrogens is 212 g/mol. The molecule has 17 heavy (non-hydrogen) atoms. The molecule has 0 saturated heterocycles. The van der Waals surface area contributed by atoms with Crippen LogP contribution in [0.15, 0.2) is 36.0 Å². The maximum absolute atomic E-state index is 10.4. The van der Waals surface area contributed by atoms with Crippen LogP contribution >= 0.6 is 0 Å². The zero-order chi connectivity index (χ0) is 12.9. The molecule has 2 heteroatoms. The number of rotatable bonds is 0. The molecule has 0 bridgehead atoms. The quantitative estimate of drug-likeness (QED) is 0.633. The summed E-state index contributed by atoms with van der Waals surface area (Å²) in [4.78, 5) is 0. The lowest BCUT2D eigenvalue weighted by atomic mass is 9.59. The van der Waals surface area contributed by atoms with E-state index in [0.29, 0.717) is 12.8 Å². The van der Waals surface area contributed by atoms with Crippen LogP contribution in [-0.4, -0.2) is 21.4 Å². The first-order valence-electron chi connectivity index (χ1n) is 6.22. The molecule has 3 atom stereocenters. The van der Waals surface area contributed by atoms with Crippen LogP contribution in [0.25, 0.3) is 0 Å². The van der Waals surface area contributed by atoms with Gasteiger partial charge in [0.1, 0.15) is 0 Å². The highest BCUT2D eigenvalue weighted by atomic mass is 16.3. The first kappa shape index (κ1) is 12.6. The second-order valence-corrected chi connectivity index (χ2v) is 6.01. The number of aliphatic hydroxyl groups is 2. The molecule has 2 nitrogen and oxygen atoms in total. The molecule has 0 amide bonds. The Morgan fingerprint density at radius 1 is 1.18 bits per heavy atom. The van der Waals surface area contributed by atoms with Crippen LogP contribution in [0.2, 0.25) is 0 Å². The van der Waals surface area contributed by atoms with Crippen molar-refractivity contribution >= 4 is 0 Å². The maximum atomic E-state index is 10.4. The minimum Gasteiger partial charge on any atom is -0.386 e. The van der Waals surface area contributed by atoms with Gasteiger partial charge in [0, 0.05) is 5.41 Å². The van der Waals surface area contributed by atoms with Gasteiger partial charge in [-0.3, -0.25) is 0 Å². The van der Waals surface area contributed by atoms with Gasteiger partial charge in [0.25, 0.3) is 0 Å². The number of hydrogen-bond acceptors (Lipinski definition) is 2. The lowest BCUT2D eigenvalue weighted by Crippen LogP contribution is -2.43. The highest BCUT2D eigenvalue weighted by molar-refractivity contribution is 5.43. The lowest BCUT2D eigenvalue weighted by molar-refractivity contribution is 0.0548. The van der Waals surface area contributed by atoms with Crippen molar-refractivity contribution in [2.45, 2.75) is 51.2 Å². The topological polar surface area (TPSA) is 40.5 Å². The van der Waals surface area contributed by atoms with Gasteiger partial charge in [0.2, 0.25) is 0 Å². The summed E-state index contributed by atoms with van der Waals surface area (Å²) in [7, 11) is 0. The Morgan fingerprint density at radius 2 is 1.82 bits per heavy atom. The molecule has 2 rings (SSSR count). The van der Waals surface area contributed by atoms with Crippen molar-refractivity contribution in [3.05, 3.63) is 36.0 Å². The molecule has 0 aliphatic heterocycles. The highest BCUT2D eigenvalue weighted by Crippen LogP contribution is 2.52. The van der Waals surface area contributed by atoms with Crippen LogP contribution < -0.4 is 0 Å². The summed E-state index contributed by atoms with van der Waals surface area (Å²) in [5.41, 5.74) is 0.268. The summed E-state index contributed by atoms with van der Waals surface area (Å²) in [5, 5.41) is 20.4. The van der Waals surface area contributed by atoms with Crippen molar-refractivity contribution in [1.82, 2.24) is 0 Å². The maximum Gasteiger partial charge on any atom is 0.0872 e. The van der Waals surface area contributed by atoms with E-state index in [9.17, 15) is 10.2 Å². The highest BCUT2D eigenvalue weighted by Gasteiger charge is 2.46. The van der Waals surface area contributed by atoms with Crippen molar-refractivity contribution < 1.29 is 10.2 Å². The van der Waals surface area contributed by atoms with Crippen LogP contribution in [-0.2, 0) is 0 Å². The Labute approximate surface area is 103 Å². The Hall–Kier alpha value is -0.860. The standard InChI is InChI=1S/C15H22O2/c1-11-5-6-14(4,17)12(2)15(11)9-7-13(3,16)8-10-15/h5,7,9,16-17H,2,6,8,10H2,1,3-4H3. The fourth-order valence-corrected chi connectivity index (χ4v) is 2.89. The summed E-state index contributed by atoms with van der Waals surface area (Å²) in [6.07, 6.45) is 8.11. The average Bonchev–Trinajstić information content (AvgIpc) is 2.24. The summed E-state index contributed by atoms with van der Waals surface area (Å²) in [6, 6.07) is 0. The summed E-state index contributed by atoms with van der Waals surface area (Å²) >= 11 is 0.